The van der Waals surface area contributed by atoms with Crippen LogP contribution in [-0.4, -0.2) is 18.0 Å². The first-order valence-electron chi connectivity index (χ1n) is 7.52. The second-order valence-corrected chi connectivity index (χ2v) is 5.54. The Kier molecular flexibility index (Phi) is 4.04. The van der Waals surface area contributed by atoms with E-state index in [-0.39, 0.29) is 11.8 Å². The van der Waals surface area contributed by atoms with E-state index in [1.54, 1.807) is 13.3 Å². The van der Waals surface area contributed by atoms with Gasteiger partial charge in [0.25, 0.3) is 0 Å². The molecule has 4 heteroatoms. The third kappa shape index (κ3) is 2.84. The number of carbonyl (C=O) groups excluding carboxylic acids is 1. The molecular weight excluding hydrogens is 264 g/mol. The topological polar surface area (TPSA) is 51.2 Å². The third-order valence-electron chi connectivity index (χ3n) is 4.18. The molecule has 0 unspecified atom stereocenters. The standard InChI is InChI=1S/C17H20N2O2/c1-21-15-10-9-14(16-13(15)8-5-11-18-16)19-17(20)12-6-3-2-4-7-12/h5,8-12H,2-4,6-7H2,1H3,(H,19,20). The number of hydrogen-bond donors (Lipinski definition) is 1. The van der Waals surface area contributed by atoms with Crippen molar-refractivity contribution in [2.45, 2.75) is 32.1 Å². The van der Waals surface area contributed by atoms with Gasteiger partial charge < -0.3 is 10.1 Å². The van der Waals surface area contributed by atoms with E-state index < -0.39 is 0 Å². The molecule has 1 aromatic carbocycles. The molecule has 1 heterocycles. The average Bonchev–Trinajstić information content (AvgIpc) is 2.56. The van der Waals surface area contributed by atoms with Crippen LogP contribution in [0, 0.1) is 5.92 Å². The highest BCUT2D eigenvalue weighted by Gasteiger charge is 2.22. The molecule has 0 atom stereocenters. The molecule has 1 aliphatic carbocycles. The molecule has 1 fully saturated rings. The Morgan fingerprint density at radius 1 is 1.24 bits per heavy atom. The molecule has 2 aromatic rings. The predicted molar refractivity (Wildman–Crippen MR) is 83.5 cm³/mol. The number of nitrogens with zero attached hydrogens (tertiary/aromatic N) is 1. The molecule has 0 saturated heterocycles. The van der Waals surface area contributed by atoms with Crippen molar-refractivity contribution in [1.29, 1.82) is 0 Å². The van der Waals surface area contributed by atoms with E-state index in [4.69, 9.17) is 4.74 Å². The van der Waals surface area contributed by atoms with Crippen LogP contribution >= 0.6 is 0 Å². The second-order valence-electron chi connectivity index (χ2n) is 5.54. The number of benzene rings is 1. The van der Waals surface area contributed by atoms with Crippen molar-refractivity contribution in [2.24, 2.45) is 5.92 Å². The van der Waals surface area contributed by atoms with E-state index in [1.807, 2.05) is 24.3 Å². The van der Waals surface area contributed by atoms with Gasteiger partial charge in [-0.15, -0.1) is 0 Å². The van der Waals surface area contributed by atoms with Crippen LogP contribution in [0.5, 0.6) is 5.75 Å². The monoisotopic (exact) mass is 284 g/mol. The molecule has 1 amide bonds. The van der Waals surface area contributed by atoms with Gasteiger partial charge in [0.05, 0.1) is 18.3 Å². The lowest BCUT2D eigenvalue weighted by molar-refractivity contribution is -0.120. The summed E-state index contributed by atoms with van der Waals surface area (Å²) >= 11 is 0. The number of hydrogen-bond acceptors (Lipinski definition) is 3. The lowest BCUT2D eigenvalue weighted by atomic mass is 9.88. The van der Waals surface area contributed by atoms with Crippen molar-refractivity contribution in [3.05, 3.63) is 30.5 Å². The average molecular weight is 284 g/mol. The number of aromatic nitrogens is 1. The molecule has 1 saturated carbocycles. The summed E-state index contributed by atoms with van der Waals surface area (Å²) in [5, 5.41) is 3.97. The molecule has 0 aliphatic heterocycles. The highest BCUT2D eigenvalue weighted by molar-refractivity contribution is 6.02. The van der Waals surface area contributed by atoms with Crippen molar-refractivity contribution >= 4 is 22.5 Å². The Morgan fingerprint density at radius 3 is 2.81 bits per heavy atom. The minimum atomic E-state index is 0.117. The van der Waals surface area contributed by atoms with Gasteiger partial charge in [-0.2, -0.15) is 0 Å². The fourth-order valence-electron chi connectivity index (χ4n) is 3.02. The highest BCUT2D eigenvalue weighted by atomic mass is 16.5. The molecule has 3 rings (SSSR count). The number of amides is 1. The number of fused-ring (bicyclic) bond motifs is 1. The van der Waals surface area contributed by atoms with Gasteiger partial charge >= 0.3 is 0 Å². The predicted octanol–water partition coefficient (Wildman–Crippen LogP) is 3.76. The van der Waals surface area contributed by atoms with Crippen molar-refractivity contribution < 1.29 is 9.53 Å². The van der Waals surface area contributed by atoms with Gasteiger partial charge in [0.2, 0.25) is 5.91 Å². The Morgan fingerprint density at radius 2 is 2.05 bits per heavy atom. The summed E-state index contributed by atoms with van der Waals surface area (Å²) < 4.78 is 5.35. The van der Waals surface area contributed by atoms with E-state index in [1.165, 1.54) is 6.42 Å². The summed E-state index contributed by atoms with van der Waals surface area (Å²) in [6.45, 7) is 0. The van der Waals surface area contributed by atoms with Crippen LogP contribution in [-0.2, 0) is 4.79 Å². The molecule has 4 nitrogen and oxygen atoms in total. The van der Waals surface area contributed by atoms with Crippen molar-refractivity contribution in [3.63, 3.8) is 0 Å². The maximum Gasteiger partial charge on any atom is 0.227 e. The van der Waals surface area contributed by atoms with Crippen LogP contribution < -0.4 is 10.1 Å². The molecular formula is C17H20N2O2. The molecule has 0 spiro atoms. The van der Waals surface area contributed by atoms with Crippen LogP contribution in [0.3, 0.4) is 0 Å². The van der Waals surface area contributed by atoms with E-state index in [0.717, 1.165) is 48.0 Å². The van der Waals surface area contributed by atoms with Crippen LogP contribution in [0.2, 0.25) is 0 Å². The maximum absolute atomic E-state index is 12.4. The fourth-order valence-corrected chi connectivity index (χ4v) is 3.02. The lowest BCUT2D eigenvalue weighted by Gasteiger charge is -2.21. The molecule has 1 N–H and O–H groups in total. The van der Waals surface area contributed by atoms with Crippen LogP contribution in [0.25, 0.3) is 10.9 Å². The number of rotatable bonds is 3. The zero-order chi connectivity index (χ0) is 14.7. The van der Waals surface area contributed by atoms with Crippen LogP contribution in [0.15, 0.2) is 30.5 Å². The molecule has 21 heavy (non-hydrogen) atoms. The second kappa shape index (κ2) is 6.12. The van der Waals surface area contributed by atoms with Gasteiger partial charge in [0.1, 0.15) is 5.75 Å². The van der Waals surface area contributed by atoms with Crippen molar-refractivity contribution in [2.75, 3.05) is 12.4 Å². The number of anilines is 1. The Bertz CT molecular complexity index is 648. The summed E-state index contributed by atoms with van der Waals surface area (Å²) in [6.07, 6.45) is 7.27. The minimum absolute atomic E-state index is 0.117. The molecule has 0 bridgehead atoms. The Balaban J connectivity index is 1.88. The largest absolute Gasteiger partial charge is 0.496 e. The lowest BCUT2D eigenvalue weighted by Crippen LogP contribution is -2.24. The first-order valence-corrected chi connectivity index (χ1v) is 7.52. The summed E-state index contributed by atoms with van der Waals surface area (Å²) in [6, 6.07) is 7.57. The van der Waals surface area contributed by atoms with Gasteiger partial charge in [-0.25, -0.2) is 0 Å². The zero-order valence-electron chi connectivity index (χ0n) is 12.3. The minimum Gasteiger partial charge on any atom is -0.496 e. The van der Waals surface area contributed by atoms with Gasteiger partial charge in [-0.3, -0.25) is 9.78 Å². The molecule has 1 aromatic heterocycles. The SMILES string of the molecule is COc1ccc(NC(=O)C2CCCCC2)c2ncccc12. The highest BCUT2D eigenvalue weighted by Crippen LogP contribution is 2.31. The summed E-state index contributed by atoms with van der Waals surface area (Å²) in [5.41, 5.74) is 1.54. The van der Waals surface area contributed by atoms with E-state index in [9.17, 15) is 4.79 Å². The quantitative estimate of drug-likeness (QED) is 0.933. The van der Waals surface area contributed by atoms with Crippen molar-refractivity contribution in [3.8, 4) is 5.75 Å². The Labute approximate surface area is 124 Å². The van der Waals surface area contributed by atoms with Gasteiger partial charge in [-0.1, -0.05) is 19.3 Å². The number of pyridine rings is 1. The van der Waals surface area contributed by atoms with E-state index >= 15 is 0 Å². The van der Waals surface area contributed by atoms with Crippen LogP contribution in [0.1, 0.15) is 32.1 Å². The molecule has 0 radical (unpaired) electrons. The number of ether oxygens (including phenoxy) is 1. The smallest absolute Gasteiger partial charge is 0.227 e. The third-order valence-corrected chi connectivity index (χ3v) is 4.18. The number of nitrogens with one attached hydrogen (secondary N) is 1. The summed E-state index contributed by atoms with van der Waals surface area (Å²) in [7, 11) is 1.64. The Hall–Kier alpha value is -2.10. The number of methoxy groups -OCH3 is 1. The van der Waals surface area contributed by atoms with Gasteiger partial charge in [-0.05, 0) is 37.1 Å². The van der Waals surface area contributed by atoms with E-state index in [2.05, 4.69) is 10.3 Å². The van der Waals surface area contributed by atoms with Crippen molar-refractivity contribution in [1.82, 2.24) is 4.98 Å². The number of carbonyl (C=O) groups is 1. The molecule has 110 valence electrons. The van der Waals surface area contributed by atoms with Gasteiger partial charge in [0.15, 0.2) is 0 Å². The summed E-state index contributed by atoms with van der Waals surface area (Å²) in [5.74, 6) is 1.03. The van der Waals surface area contributed by atoms with E-state index in [0.29, 0.717) is 0 Å². The fraction of sp³-hybridized carbons (Fsp3) is 0.412. The first-order chi connectivity index (χ1) is 10.3. The molecule has 1 aliphatic rings. The van der Waals surface area contributed by atoms with Crippen LogP contribution in [0.4, 0.5) is 5.69 Å². The summed E-state index contributed by atoms with van der Waals surface area (Å²) in [4.78, 5) is 16.8. The maximum atomic E-state index is 12.4. The van der Waals surface area contributed by atoms with Gasteiger partial charge in [0, 0.05) is 17.5 Å². The zero-order valence-corrected chi connectivity index (χ0v) is 12.3. The normalized spacial score (nSPS) is 15.9. The first kappa shape index (κ1) is 13.9.